The summed E-state index contributed by atoms with van der Waals surface area (Å²) in [6.45, 7) is 1.87. The Morgan fingerprint density at radius 2 is 1.90 bits per heavy atom. The maximum atomic E-state index is 12.3. The molecule has 0 spiro atoms. The van der Waals surface area contributed by atoms with Gasteiger partial charge >= 0.3 is 12.1 Å². The molecule has 0 aliphatic rings. The Morgan fingerprint density at radius 1 is 1.33 bits per heavy atom. The Morgan fingerprint density at radius 3 is 2.33 bits per heavy atom. The van der Waals surface area contributed by atoms with Gasteiger partial charge in [-0.15, -0.1) is 0 Å². The summed E-state index contributed by atoms with van der Waals surface area (Å²) in [4.78, 5) is 28.8. The highest BCUT2D eigenvalue weighted by Crippen LogP contribution is 2.25. The summed E-state index contributed by atoms with van der Waals surface area (Å²) >= 11 is 0. The van der Waals surface area contributed by atoms with E-state index < -0.39 is 29.9 Å². The normalized spacial score (nSPS) is 12.8. The number of alkyl halides is 3. The predicted molar refractivity (Wildman–Crippen MR) is 65.4 cm³/mol. The number of nitrogens with zero attached hydrogens (tertiary/aromatic N) is 2. The predicted octanol–water partition coefficient (Wildman–Crippen LogP) is 1.87. The lowest BCUT2D eigenvalue weighted by Gasteiger charge is -2.14. The van der Waals surface area contributed by atoms with E-state index in [4.69, 9.17) is 5.11 Å². The number of unbranched alkanes of at least 4 members (excludes halogenated alkanes) is 1. The van der Waals surface area contributed by atoms with Crippen molar-refractivity contribution < 1.29 is 27.9 Å². The zero-order valence-electron chi connectivity index (χ0n) is 11.1. The molecule has 0 aliphatic heterocycles. The van der Waals surface area contributed by atoms with Gasteiger partial charge in [-0.05, 0) is 6.42 Å². The first kappa shape index (κ1) is 16.9. The van der Waals surface area contributed by atoms with Crippen molar-refractivity contribution in [3.63, 3.8) is 0 Å². The van der Waals surface area contributed by atoms with Gasteiger partial charge in [0, 0.05) is 12.4 Å². The van der Waals surface area contributed by atoms with Crippen molar-refractivity contribution >= 4 is 11.9 Å². The molecular weight excluding hydrogens is 291 g/mol. The van der Waals surface area contributed by atoms with Gasteiger partial charge in [0.2, 0.25) is 5.82 Å². The molecule has 1 aromatic heterocycles. The lowest BCUT2D eigenvalue weighted by Crippen LogP contribution is -2.40. The highest BCUT2D eigenvalue weighted by Gasteiger charge is 2.34. The molecule has 1 aromatic rings. The molecule has 2 N–H and O–H groups in total. The summed E-state index contributed by atoms with van der Waals surface area (Å²) in [6.07, 6.45) is -1.68. The zero-order chi connectivity index (χ0) is 16.0. The number of halogens is 3. The van der Waals surface area contributed by atoms with Crippen LogP contribution in [0.1, 0.15) is 42.4 Å². The van der Waals surface area contributed by atoms with Gasteiger partial charge in [-0.2, -0.15) is 13.2 Å². The largest absolute Gasteiger partial charge is 0.480 e. The molecule has 0 aromatic carbocycles. The van der Waals surface area contributed by atoms with Crippen molar-refractivity contribution in [3.05, 3.63) is 23.8 Å². The van der Waals surface area contributed by atoms with Crippen LogP contribution in [0.3, 0.4) is 0 Å². The van der Waals surface area contributed by atoms with Gasteiger partial charge in [0.05, 0.1) is 5.56 Å². The van der Waals surface area contributed by atoms with E-state index in [9.17, 15) is 22.8 Å². The van der Waals surface area contributed by atoms with Gasteiger partial charge < -0.3 is 10.4 Å². The third-order valence-corrected chi connectivity index (χ3v) is 2.62. The number of hydrogen-bond donors (Lipinski definition) is 2. The SMILES string of the molecule is CCCCC(NC(=O)c1cnc(C(F)(F)F)nc1)C(=O)O. The first-order valence-electron chi connectivity index (χ1n) is 6.18. The Hall–Kier alpha value is -2.19. The average molecular weight is 305 g/mol. The number of carboxylic acid groups (broad SMARTS) is 1. The molecule has 0 saturated carbocycles. The molecule has 1 atom stereocenters. The third-order valence-electron chi connectivity index (χ3n) is 2.62. The van der Waals surface area contributed by atoms with Crippen LogP contribution in [0.25, 0.3) is 0 Å². The van der Waals surface area contributed by atoms with E-state index >= 15 is 0 Å². The van der Waals surface area contributed by atoms with Gasteiger partial charge in [-0.25, -0.2) is 14.8 Å². The smallest absolute Gasteiger partial charge is 0.451 e. The van der Waals surface area contributed by atoms with Gasteiger partial charge in [-0.3, -0.25) is 4.79 Å². The van der Waals surface area contributed by atoms with E-state index in [2.05, 4.69) is 15.3 Å². The maximum absolute atomic E-state index is 12.3. The molecule has 1 heterocycles. The molecule has 1 unspecified atom stereocenters. The van der Waals surface area contributed by atoms with Gasteiger partial charge in [0.25, 0.3) is 5.91 Å². The number of carbonyl (C=O) groups is 2. The lowest BCUT2D eigenvalue weighted by molar-refractivity contribution is -0.145. The van der Waals surface area contributed by atoms with Crippen LogP contribution in [0, 0.1) is 0 Å². The minimum Gasteiger partial charge on any atom is -0.480 e. The van der Waals surface area contributed by atoms with Crippen LogP contribution in [-0.4, -0.2) is 33.0 Å². The molecule has 9 heteroatoms. The van der Waals surface area contributed by atoms with E-state index in [-0.39, 0.29) is 12.0 Å². The summed E-state index contributed by atoms with van der Waals surface area (Å²) in [5.41, 5.74) is -0.231. The molecule has 1 amide bonds. The average Bonchev–Trinajstić information content (AvgIpc) is 2.42. The lowest BCUT2D eigenvalue weighted by atomic mass is 10.1. The molecule has 1 rings (SSSR count). The van der Waals surface area contributed by atoms with Crippen LogP contribution in [0.2, 0.25) is 0 Å². The second kappa shape index (κ2) is 7.00. The highest BCUT2D eigenvalue weighted by atomic mass is 19.4. The fourth-order valence-corrected chi connectivity index (χ4v) is 1.50. The van der Waals surface area contributed by atoms with Crippen molar-refractivity contribution in [1.82, 2.24) is 15.3 Å². The number of aliphatic carboxylic acids is 1. The quantitative estimate of drug-likeness (QED) is 0.837. The van der Waals surface area contributed by atoms with E-state index in [0.717, 1.165) is 6.42 Å². The van der Waals surface area contributed by atoms with Crippen LogP contribution >= 0.6 is 0 Å². The first-order chi connectivity index (χ1) is 9.75. The topological polar surface area (TPSA) is 92.2 Å². The molecule has 0 saturated heterocycles. The summed E-state index contributed by atoms with van der Waals surface area (Å²) < 4.78 is 36.8. The van der Waals surface area contributed by atoms with Crippen molar-refractivity contribution in [1.29, 1.82) is 0 Å². The van der Waals surface area contributed by atoms with Crippen LogP contribution in [-0.2, 0) is 11.0 Å². The summed E-state index contributed by atoms with van der Waals surface area (Å²) in [5, 5.41) is 11.2. The van der Waals surface area contributed by atoms with E-state index in [1.54, 1.807) is 0 Å². The standard InChI is InChI=1S/C12H14F3N3O3/c1-2-3-4-8(10(20)21)18-9(19)7-5-16-11(17-6-7)12(13,14)15/h5-6,8H,2-4H2,1H3,(H,18,19)(H,20,21). The Balaban J connectivity index is 2.76. The fourth-order valence-electron chi connectivity index (χ4n) is 1.50. The molecule has 0 fully saturated rings. The van der Waals surface area contributed by atoms with Crippen LogP contribution in [0.5, 0.6) is 0 Å². The van der Waals surface area contributed by atoms with E-state index in [0.29, 0.717) is 18.8 Å². The second-order valence-corrected chi connectivity index (χ2v) is 4.30. The second-order valence-electron chi connectivity index (χ2n) is 4.30. The van der Waals surface area contributed by atoms with Gasteiger partial charge in [0.1, 0.15) is 6.04 Å². The summed E-state index contributed by atoms with van der Waals surface area (Å²) in [6, 6.07) is -1.10. The molecule has 0 aliphatic carbocycles. The number of aromatic nitrogens is 2. The minimum atomic E-state index is -4.69. The van der Waals surface area contributed by atoms with E-state index in [1.807, 2.05) is 6.92 Å². The van der Waals surface area contributed by atoms with Gasteiger partial charge in [0.15, 0.2) is 0 Å². The Kier molecular flexibility index (Phi) is 5.62. The zero-order valence-corrected chi connectivity index (χ0v) is 11.1. The summed E-state index contributed by atoms with van der Waals surface area (Å²) in [5.74, 6) is -3.39. The number of amides is 1. The fraction of sp³-hybridized carbons (Fsp3) is 0.500. The maximum Gasteiger partial charge on any atom is 0.451 e. The third kappa shape index (κ3) is 5.01. The van der Waals surface area contributed by atoms with Crippen molar-refractivity contribution in [2.24, 2.45) is 0 Å². The minimum absolute atomic E-state index is 0.231. The molecule has 6 nitrogen and oxygen atoms in total. The van der Waals surface area contributed by atoms with Gasteiger partial charge in [-0.1, -0.05) is 19.8 Å². The molecule has 0 radical (unpaired) electrons. The highest BCUT2D eigenvalue weighted by molar-refractivity contribution is 5.96. The number of carbonyl (C=O) groups excluding carboxylic acids is 1. The number of rotatable bonds is 6. The molecular formula is C12H14F3N3O3. The first-order valence-corrected chi connectivity index (χ1v) is 6.18. The number of nitrogens with one attached hydrogen (secondary N) is 1. The van der Waals surface area contributed by atoms with Crippen molar-refractivity contribution in [2.45, 2.75) is 38.4 Å². The van der Waals surface area contributed by atoms with Crippen molar-refractivity contribution in [3.8, 4) is 0 Å². The molecule has 0 bridgehead atoms. The summed E-state index contributed by atoms with van der Waals surface area (Å²) in [7, 11) is 0. The monoisotopic (exact) mass is 305 g/mol. The van der Waals surface area contributed by atoms with Crippen LogP contribution < -0.4 is 5.32 Å². The Labute approximate surface area is 118 Å². The Bertz CT molecular complexity index is 503. The molecule has 116 valence electrons. The van der Waals surface area contributed by atoms with Crippen LogP contribution in [0.4, 0.5) is 13.2 Å². The van der Waals surface area contributed by atoms with Crippen molar-refractivity contribution in [2.75, 3.05) is 0 Å². The number of hydrogen-bond acceptors (Lipinski definition) is 4. The number of carboxylic acids is 1. The van der Waals surface area contributed by atoms with E-state index in [1.165, 1.54) is 0 Å². The van der Waals surface area contributed by atoms with Crippen LogP contribution in [0.15, 0.2) is 12.4 Å². The molecule has 21 heavy (non-hydrogen) atoms.